The number of imidazole rings is 1. The minimum atomic E-state index is -0.503. The van der Waals surface area contributed by atoms with E-state index in [1.165, 1.54) is 43.6 Å². The Morgan fingerprint density at radius 3 is 2.85 bits per heavy atom. The van der Waals surface area contributed by atoms with Crippen LogP contribution in [0.3, 0.4) is 0 Å². The minimum Gasteiger partial charge on any atom is -0.494 e. The van der Waals surface area contributed by atoms with Gasteiger partial charge in [0, 0.05) is 43.0 Å². The molecule has 1 atom stereocenters. The molecule has 0 spiro atoms. The van der Waals surface area contributed by atoms with Gasteiger partial charge in [-0.3, -0.25) is 4.79 Å². The number of carbonyl (C=O) groups excluding carboxylic acids is 1. The first kappa shape index (κ1) is 17.1. The largest absolute Gasteiger partial charge is 0.494 e. The number of nitrogens with zero attached hydrogens (tertiary/aromatic N) is 3. The lowest BCUT2D eigenvalue weighted by atomic mass is 10.1. The summed E-state index contributed by atoms with van der Waals surface area (Å²) < 4.78 is 21.1. The van der Waals surface area contributed by atoms with E-state index in [4.69, 9.17) is 4.74 Å². The summed E-state index contributed by atoms with van der Waals surface area (Å²) in [7, 11) is 1.42. The van der Waals surface area contributed by atoms with E-state index in [0.29, 0.717) is 30.5 Å². The van der Waals surface area contributed by atoms with Crippen LogP contribution in [0.4, 0.5) is 4.39 Å². The maximum absolute atomic E-state index is 13.9. The quantitative estimate of drug-likeness (QED) is 0.824. The van der Waals surface area contributed by atoms with Gasteiger partial charge in [0.1, 0.15) is 5.82 Å². The second-order valence-corrected chi connectivity index (χ2v) is 7.40. The van der Waals surface area contributed by atoms with Crippen molar-refractivity contribution >= 4 is 5.91 Å². The van der Waals surface area contributed by atoms with E-state index >= 15 is 0 Å². The molecule has 1 aliphatic heterocycles. The maximum Gasteiger partial charge on any atom is 0.253 e. The van der Waals surface area contributed by atoms with Gasteiger partial charge in [-0.1, -0.05) is 0 Å². The number of benzene rings is 1. The van der Waals surface area contributed by atoms with Gasteiger partial charge in [-0.2, -0.15) is 0 Å². The Morgan fingerprint density at radius 1 is 1.35 bits per heavy atom. The topological polar surface area (TPSA) is 47.4 Å². The standard InChI is InChI=1S/C20H24FN3O2/c1-13-10-22-19(15-3-4-15)24(13)12-14-7-8-23(11-14)20(25)16-5-6-18(26-2)17(21)9-16/h5-6,9-10,14-15H,3-4,7-8,11-12H2,1-2H3. The molecule has 2 fully saturated rings. The van der Waals surface area contributed by atoms with Crippen molar-refractivity contribution in [3.05, 3.63) is 47.3 Å². The number of hydrogen-bond donors (Lipinski definition) is 0. The van der Waals surface area contributed by atoms with Crippen LogP contribution >= 0.6 is 0 Å². The van der Waals surface area contributed by atoms with Crippen LogP contribution in [0.1, 0.15) is 47.1 Å². The average Bonchev–Trinajstić information content (AvgIpc) is 3.27. The van der Waals surface area contributed by atoms with Crippen molar-refractivity contribution in [1.82, 2.24) is 14.5 Å². The molecular weight excluding hydrogens is 333 g/mol. The number of halogens is 1. The number of methoxy groups -OCH3 is 1. The summed E-state index contributed by atoms with van der Waals surface area (Å²) in [5, 5.41) is 0. The van der Waals surface area contributed by atoms with Gasteiger partial charge in [0.15, 0.2) is 11.6 Å². The van der Waals surface area contributed by atoms with Crippen molar-refractivity contribution in [2.75, 3.05) is 20.2 Å². The Bertz CT molecular complexity index is 828. The Kier molecular flexibility index (Phi) is 4.42. The molecule has 1 aliphatic carbocycles. The van der Waals surface area contributed by atoms with E-state index < -0.39 is 5.82 Å². The normalized spacial score (nSPS) is 19.8. The highest BCUT2D eigenvalue weighted by molar-refractivity contribution is 5.94. The predicted molar refractivity (Wildman–Crippen MR) is 95.9 cm³/mol. The van der Waals surface area contributed by atoms with Gasteiger partial charge >= 0.3 is 0 Å². The van der Waals surface area contributed by atoms with Crippen LogP contribution in [-0.4, -0.2) is 40.6 Å². The number of likely N-dealkylation sites (tertiary alicyclic amines) is 1. The Hall–Kier alpha value is -2.37. The highest BCUT2D eigenvalue weighted by atomic mass is 19.1. The average molecular weight is 357 g/mol. The molecule has 5 nitrogen and oxygen atoms in total. The number of rotatable bonds is 5. The summed E-state index contributed by atoms with van der Waals surface area (Å²) in [6.07, 6.45) is 5.38. The lowest BCUT2D eigenvalue weighted by Gasteiger charge is -2.18. The van der Waals surface area contributed by atoms with E-state index in [0.717, 1.165) is 13.0 Å². The van der Waals surface area contributed by atoms with Gasteiger partial charge in [-0.15, -0.1) is 0 Å². The summed E-state index contributed by atoms with van der Waals surface area (Å²) in [6, 6.07) is 4.40. The third-order valence-corrected chi connectivity index (χ3v) is 5.44. The first-order chi connectivity index (χ1) is 12.6. The smallest absolute Gasteiger partial charge is 0.253 e. The van der Waals surface area contributed by atoms with Gasteiger partial charge in [0.05, 0.1) is 7.11 Å². The predicted octanol–water partition coefficient (Wildman–Crippen LogP) is 3.38. The molecule has 2 aromatic rings. The number of aryl methyl sites for hydroxylation is 1. The molecule has 2 aliphatic rings. The van der Waals surface area contributed by atoms with Crippen molar-refractivity contribution < 1.29 is 13.9 Å². The van der Waals surface area contributed by atoms with Crippen molar-refractivity contribution in [2.45, 2.75) is 38.6 Å². The van der Waals surface area contributed by atoms with Gasteiger partial charge in [-0.25, -0.2) is 9.37 Å². The van der Waals surface area contributed by atoms with Gasteiger partial charge in [-0.05, 0) is 50.3 Å². The second-order valence-electron chi connectivity index (χ2n) is 7.40. The molecule has 1 aromatic carbocycles. The zero-order chi connectivity index (χ0) is 18.3. The fourth-order valence-corrected chi connectivity index (χ4v) is 3.79. The molecule has 138 valence electrons. The van der Waals surface area contributed by atoms with Crippen LogP contribution in [-0.2, 0) is 6.54 Å². The zero-order valence-electron chi connectivity index (χ0n) is 15.2. The van der Waals surface area contributed by atoms with Gasteiger partial charge in [0.25, 0.3) is 5.91 Å². The van der Waals surface area contributed by atoms with Gasteiger partial charge < -0.3 is 14.2 Å². The van der Waals surface area contributed by atoms with Crippen molar-refractivity contribution in [3.8, 4) is 5.75 Å². The van der Waals surface area contributed by atoms with E-state index in [-0.39, 0.29) is 11.7 Å². The molecule has 26 heavy (non-hydrogen) atoms. The molecule has 4 rings (SSSR count). The Labute approximate surface area is 152 Å². The van der Waals surface area contributed by atoms with E-state index in [1.54, 1.807) is 6.07 Å². The number of aromatic nitrogens is 2. The van der Waals surface area contributed by atoms with E-state index in [9.17, 15) is 9.18 Å². The maximum atomic E-state index is 13.9. The molecule has 1 amide bonds. The molecule has 0 radical (unpaired) electrons. The van der Waals surface area contributed by atoms with Crippen molar-refractivity contribution in [3.63, 3.8) is 0 Å². The molecule has 1 saturated heterocycles. The highest BCUT2D eigenvalue weighted by Gasteiger charge is 2.32. The van der Waals surface area contributed by atoms with Gasteiger partial charge in [0.2, 0.25) is 0 Å². The molecule has 2 heterocycles. The first-order valence-electron chi connectivity index (χ1n) is 9.21. The monoisotopic (exact) mass is 357 g/mol. The number of carbonyl (C=O) groups is 1. The number of ether oxygens (including phenoxy) is 1. The summed E-state index contributed by atoms with van der Waals surface area (Å²) >= 11 is 0. The second kappa shape index (κ2) is 6.74. The lowest BCUT2D eigenvalue weighted by Crippen LogP contribution is -2.29. The molecule has 1 aromatic heterocycles. The third kappa shape index (κ3) is 3.20. The SMILES string of the molecule is COc1ccc(C(=O)N2CCC(Cn3c(C)cnc3C3CC3)C2)cc1F. The fraction of sp³-hybridized carbons (Fsp3) is 0.500. The summed E-state index contributed by atoms with van der Waals surface area (Å²) in [5.41, 5.74) is 1.57. The van der Waals surface area contributed by atoms with Crippen LogP contribution < -0.4 is 4.74 Å². The minimum absolute atomic E-state index is 0.112. The highest BCUT2D eigenvalue weighted by Crippen LogP contribution is 2.40. The molecule has 1 saturated carbocycles. The van der Waals surface area contributed by atoms with Crippen LogP contribution in [0.15, 0.2) is 24.4 Å². The van der Waals surface area contributed by atoms with Crippen molar-refractivity contribution in [1.29, 1.82) is 0 Å². The van der Waals surface area contributed by atoms with Crippen molar-refractivity contribution in [2.24, 2.45) is 5.92 Å². The molecular formula is C20H24FN3O2. The Balaban J connectivity index is 1.43. The molecule has 6 heteroatoms. The van der Waals surface area contributed by atoms with Crippen LogP contribution in [0.25, 0.3) is 0 Å². The number of hydrogen-bond acceptors (Lipinski definition) is 3. The summed E-state index contributed by atoms with van der Waals surface area (Å²) in [6.45, 7) is 4.41. The van der Waals surface area contributed by atoms with Crippen LogP contribution in [0, 0.1) is 18.7 Å². The van der Waals surface area contributed by atoms with Crippen LogP contribution in [0.2, 0.25) is 0 Å². The van der Waals surface area contributed by atoms with E-state index in [2.05, 4.69) is 16.5 Å². The molecule has 0 bridgehead atoms. The van der Waals surface area contributed by atoms with E-state index in [1.807, 2.05) is 11.1 Å². The summed E-state index contributed by atoms with van der Waals surface area (Å²) in [4.78, 5) is 19.1. The van der Waals surface area contributed by atoms with Crippen LogP contribution in [0.5, 0.6) is 5.75 Å². The third-order valence-electron chi connectivity index (χ3n) is 5.44. The molecule has 1 unspecified atom stereocenters. The zero-order valence-corrected chi connectivity index (χ0v) is 15.2. The summed E-state index contributed by atoms with van der Waals surface area (Å²) in [5.74, 6) is 1.77. The fourth-order valence-electron chi connectivity index (χ4n) is 3.79. The lowest BCUT2D eigenvalue weighted by molar-refractivity contribution is 0.0785. The molecule has 0 N–H and O–H groups in total. The first-order valence-corrected chi connectivity index (χ1v) is 9.21. The Morgan fingerprint density at radius 2 is 2.15 bits per heavy atom. The number of amides is 1.